The summed E-state index contributed by atoms with van der Waals surface area (Å²) >= 11 is 0. The molecule has 1 unspecified atom stereocenters. The highest BCUT2D eigenvalue weighted by atomic mass is 16.5. The van der Waals surface area contributed by atoms with Crippen LogP contribution in [0.15, 0.2) is 29.3 Å². The number of ether oxygens (including phenoxy) is 2. The van der Waals surface area contributed by atoms with Crippen LogP contribution < -0.4 is 10.2 Å². The number of nitrogens with zero attached hydrogens (tertiary/aromatic N) is 3. The van der Waals surface area contributed by atoms with Gasteiger partial charge < -0.3 is 29.7 Å². The third-order valence-electron chi connectivity index (χ3n) is 5.17. The van der Waals surface area contributed by atoms with Crippen molar-refractivity contribution in [1.29, 1.82) is 0 Å². The van der Waals surface area contributed by atoms with Crippen molar-refractivity contribution in [1.82, 2.24) is 10.2 Å². The molecule has 0 radical (unpaired) electrons. The van der Waals surface area contributed by atoms with Crippen LogP contribution in [-0.2, 0) is 9.47 Å². The van der Waals surface area contributed by atoms with E-state index in [2.05, 4.69) is 22.0 Å². The van der Waals surface area contributed by atoms with E-state index < -0.39 is 0 Å². The van der Waals surface area contributed by atoms with E-state index in [9.17, 15) is 5.11 Å². The van der Waals surface area contributed by atoms with Crippen molar-refractivity contribution >= 4 is 11.6 Å². The quantitative estimate of drug-likeness (QED) is 0.402. The van der Waals surface area contributed by atoms with E-state index in [4.69, 9.17) is 14.5 Å². The summed E-state index contributed by atoms with van der Waals surface area (Å²) in [4.78, 5) is 9.30. The minimum absolute atomic E-state index is 0.293. The number of aliphatic imine (C=N–C) groups is 1. The number of aromatic hydroxyl groups is 1. The first kappa shape index (κ1) is 20.7. The summed E-state index contributed by atoms with van der Waals surface area (Å²) in [6, 6.07) is 7.54. The van der Waals surface area contributed by atoms with E-state index in [1.165, 1.54) is 0 Å². The lowest BCUT2D eigenvalue weighted by atomic mass is 10.2. The first-order chi connectivity index (χ1) is 13.8. The number of benzene rings is 1. The molecule has 2 fully saturated rings. The molecule has 2 saturated heterocycles. The van der Waals surface area contributed by atoms with E-state index in [-0.39, 0.29) is 0 Å². The molecular weight excluding hydrogens is 356 g/mol. The highest BCUT2D eigenvalue weighted by molar-refractivity contribution is 5.80. The number of hydrogen-bond acceptors (Lipinski definition) is 5. The number of phenolic OH excluding ortho intramolecular Hbond substituents is 1. The van der Waals surface area contributed by atoms with Crippen molar-refractivity contribution in [2.75, 3.05) is 64.0 Å². The van der Waals surface area contributed by atoms with Crippen LogP contribution in [0.1, 0.15) is 26.2 Å². The number of rotatable bonds is 8. The van der Waals surface area contributed by atoms with Crippen LogP contribution in [0.4, 0.5) is 5.69 Å². The van der Waals surface area contributed by atoms with Crippen molar-refractivity contribution < 1.29 is 14.6 Å². The van der Waals surface area contributed by atoms with Crippen molar-refractivity contribution in [2.45, 2.75) is 32.3 Å². The third kappa shape index (κ3) is 6.01. The minimum atomic E-state index is 0.293. The number of anilines is 1. The number of para-hydroxylation sites is 2. The molecule has 0 spiro atoms. The fourth-order valence-electron chi connectivity index (χ4n) is 3.66. The predicted octanol–water partition coefficient (Wildman–Crippen LogP) is 2.07. The third-order valence-corrected chi connectivity index (χ3v) is 5.17. The monoisotopic (exact) mass is 390 g/mol. The smallest absolute Gasteiger partial charge is 0.194 e. The lowest BCUT2D eigenvalue weighted by Crippen LogP contribution is -2.52. The van der Waals surface area contributed by atoms with E-state index in [0.29, 0.717) is 18.5 Å². The van der Waals surface area contributed by atoms with Gasteiger partial charge in [0.25, 0.3) is 0 Å². The number of piperazine rings is 1. The maximum absolute atomic E-state index is 10.1. The molecule has 0 saturated carbocycles. The average molecular weight is 391 g/mol. The van der Waals surface area contributed by atoms with Gasteiger partial charge in [-0.3, -0.25) is 4.99 Å². The molecule has 28 heavy (non-hydrogen) atoms. The van der Waals surface area contributed by atoms with Gasteiger partial charge in [-0.25, -0.2) is 0 Å². The fourth-order valence-corrected chi connectivity index (χ4v) is 3.66. The van der Waals surface area contributed by atoms with Gasteiger partial charge in [0.1, 0.15) is 5.75 Å². The van der Waals surface area contributed by atoms with Crippen LogP contribution >= 0.6 is 0 Å². The lowest BCUT2D eigenvalue weighted by molar-refractivity contribution is 0.0170. The summed E-state index contributed by atoms with van der Waals surface area (Å²) in [5.74, 6) is 1.32. The SMILES string of the molecule is CCNC(=NCCCOCC1CCCO1)N1CCN(c2ccccc2O)CC1. The molecule has 2 N–H and O–H groups in total. The normalized spacial score (nSPS) is 20.6. The van der Waals surface area contributed by atoms with Crippen LogP contribution in [0, 0.1) is 0 Å². The molecule has 1 aromatic rings. The van der Waals surface area contributed by atoms with Crippen LogP contribution in [0.3, 0.4) is 0 Å². The van der Waals surface area contributed by atoms with Crippen molar-refractivity contribution in [2.24, 2.45) is 4.99 Å². The van der Waals surface area contributed by atoms with Crippen molar-refractivity contribution in [3.05, 3.63) is 24.3 Å². The summed E-state index contributed by atoms with van der Waals surface area (Å²) in [6.45, 7) is 9.52. The Balaban J connectivity index is 1.41. The van der Waals surface area contributed by atoms with E-state index in [0.717, 1.165) is 83.4 Å². The van der Waals surface area contributed by atoms with Crippen molar-refractivity contribution in [3.8, 4) is 5.75 Å². The summed E-state index contributed by atoms with van der Waals surface area (Å²) in [7, 11) is 0. The Morgan fingerprint density at radius 3 is 2.82 bits per heavy atom. The first-order valence-corrected chi connectivity index (χ1v) is 10.5. The zero-order valence-corrected chi connectivity index (χ0v) is 17.0. The minimum Gasteiger partial charge on any atom is -0.506 e. The van der Waals surface area contributed by atoms with Crippen LogP contribution in [0.5, 0.6) is 5.75 Å². The second-order valence-corrected chi connectivity index (χ2v) is 7.26. The highest BCUT2D eigenvalue weighted by Crippen LogP contribution is 2.27. The topological polar surface area (TPSA) is 69.6 Å². The largest absolute Gasteiger partial charge is 0.506 e. The van der Waals surface area contributed by atoms with Gasteiger partial charge in [-0.05, 0) is 38.3 Å². The maximum Gasteiger partial charge on any atom is 0.194 e. The molecule has 0 aliphatic carbocycles. The van der Waals surface area contributed by atoms with Gasteiger partial charge in [-0.2, -0.15) is 0 Å². The Hall–Kier alpha value is -1.99. The molecule has 1 aromatic carbocycles. The Morgan fingerprint density at radius 1 is 1.29 bits per heavy atom. The van der Waals surface area contributed by atoms with E-state index in [1.54, 1.807) is 6.07 Å². The second kappa shape index (κ2) is 11.1. The standard InChI is InChI=1S/C21H34N4O3/c1-2-22-21(23-10-6-15-27-17-18-7-5-16-28-18)25-13-11-24(12-14-25)19-8-3-4-9-20(19)26/h3-4,8-9,18,26H,2,5-7,10-17H2,1H3,(H,22,23). The van der Waals surface area contributed by atoms with Crippen LogP contribution in [0.25, 0.3) is 0 Å². The molecule has 156 valence electrons. The fraction of sp³-hybridized carbons (Fsp3) is 0.667. The van der Waals surface area contributed by atoms with E-state index >= 15 is 0 Å². The Morgan fingerprint density at radius 2 is 2.11 bits per heavy atom. The lowest BCUT2D eigenvalue weighted by Gasteiger charge is -2.37. The number of hydrogen-bond donors (Lipinski definition) is 2. The molecule has 2 heterocycles. The molecule has 7 nitrogen and oxygen atoms in total. The molecular formula is C21H34N4O3. The molecule has 7 heteroatoms. The molecule has 0 aromatic heterocycles. The van der Waals surface area contributed by atoms with Gasteiger partial charge in [0.05, 0.1) is 18.4 Å². The van der Waals surface area contributed by atoms with Gasteiger partial charge in [0.15, 0.2) is 5.96 Å². The summed E-state index contributed by atoms with van der Waals surface area (Å²) in [5, 5.41) is 13.5. The Labute approximate surface area is 168 Å². The molecule has 1 atom stereocenters. The van der Waals surface area contributed by atoms with Gasteiger partial charge in [0.2, 0.25) is 0 Å². The first-order valence-electron chi connectivity index (χ1n) is 10.5. The summed E-state index contributed by atoms with van der Waals surface area (Å²) < 4.78 is 11.3. The summed E-state index contributed by atoms with van der Waals surface area (Å²) in [6.07, 6.45) is 3.48. The van der Waals surface area contributed by atoms with E-state index in [1.807, 2.05) is 18.2 Å². The number of phenols is 1. The average Bonchev–Trinajstić information content (AvgIpc) is 3.24. The molecule has 2 aliphatic heterocycles. The van der Waals surface area contributed by atoms with Gasteiger partial charge in [-0.15, -0.1) is 0 Å². The zero-order chi connectivity index (χ0) is 19.6. The van der Waals surface area contributed by atoms with Crippen LogP contribution in [-0.4, -0.2) is 81.2 Å². The van der Waals surface area contributed by atoms with Crippen LogP contribution in [0.2, 0.25) is 0 Å². The molecule has 2 aliphatic rings. The van der Waals surface area contributed by atoms with Gasteiger partial charge in [-0.1, -0.05) is 12.1 Å². The highest BCUT2D eigenvalue weighted by Gasteiger charge is 2.21. The van der Waals surface area contributed by atoms with Gasteiger partial charge >= 0.3 is 0 Å². The second-order valence-electron chi connectivity index (χ2n) is 7.26. The number of nitrogens with one attached hydrogen (secondary N) is 1. The summed E-state index contributed by atoms with van der Waals surface area (Å²) in [5.41, 5.74) is 0.910. The maximum atomic E-state index is 10.1. The Bertz CT molecular complexity index is 611. The molecule has 0 bridgehead atoms. The zero-order valence-electron chi connectivity index (χ0n) is 17.0. The Kier molecular flexibility index (Phi) is 8.23. The van der Waals surface area contributed by atoms with Crippen molar-refractivity contribution in [3.63, 3.8) is 0 Å². The number of guanidine groups is 1. The predicted molar refractivity (Wildman–Crippen MR) is 112 cm³/mol. The molecule has 0 amide bonds. The molecule has 3 rings (SSSR count). The van der Waals surface area contributed by atoms with Gasteiger partial charge in [0, 0.05) is 52.5 Å².